The lowest BCUT2D eigenvalue weighted by Gasteiger charge is -1.99. The smallest absolute Gasteiger partial charge is 0.290 e. The van der Waals surface area contributed by atoms with E-state index < -0.39 is 0 Å². The second kappa shape index (κ2) is 7.92. The Labute approximate surface area is 153 Å². The minimum Gasteiger partial charge on any atom is -0.497 e. The van der Waals surface area contributed by atoms with Gasteiger partial charge in [-0.15, -0.1) is 11.3 Å². The van der Waals surface area contributed by atoms with Crippen LogP contribution < -0.4 is 10.2 Å². The zero-order valence-corrected chi connectivity index (χ0v) is 14.8. The van der Waals surface area contributed by atoms with E-state index in [9.17, 15) is 4.79 Å². The Balaban J connectivity index is 1.63. The Bertz CT molecular complexity index is 889. The summed E-state index contributed by atoms with van der Waals surface area (Å²) in [5.74, 6) is 0.402. The highest BCUT2D eigenvalue weighted by Crippen LogP contribution is 2.25. The Morgan fingerprint density at radius 1 is 1.20 bits per heavy atom. The van der Waals surface area contributed by atoms with Crippen LogP contribution in [0.1, 0.15) is 16.1 Å². The number of benzene rings is 2. The number of hydrogen-bond acceptors (Lipinski definition) is 5. The number of amides is 1. The summed E-state index contributed by atoms with van der Waals surface area (Å²) in [5, 5.41) is 7.05. The van der Waals surface area contributed by atoms with Crippen molar-refractivity contribution in [1.82, 2.24) is 10.4 Å². The van der Waals surface area contributed by atoms with Gasteiger partial charge in [-0.1, -0.05) is 23.7 Å². The molecule has 1 amide bonds. The maximum atomic E-state index is 12.1. The number of aromatic nitrogens is 1. The van der Waals surface area contributed by atoms with E-state index in [1.165, 1.54) is 11.3 Å². The average Bonchev–Trinajstić information content (AvgIpc) is 3.13. The highest BCUT2D eigenvalue weighted by molar-refractivity contribution is 7.13. The van der Waals surface area contributed by atoms with Crippen molar-refractivity contribution >= 4 is 35.1 Å². The molecule has 25 heavy (non-hydrogen) atoms. The van der Waals surface area contributed by atoms with E-state index in [4.69, 9.17) is 16.3 Å². The van der Waals surface area contributed by atoms with Crippen LogP contribution in [-0.2, 0) is 0 Å². The average molecular weight is 372 g/mol. The van der Waals surface area contributed by atoms with Gasteiger partial charge in [0.15, 0.2) is 0 Å². The number of nitrogens with one attached hydrogen (secondary N) is 1. The number of thiazole rings is 1. The molecule has 0 spiro atoms. The fourth-order valence-electron chi connectivity index (χ4n) is 2.02. The first-order valence-corrected chi connectivity index (χ1v) is 8.60. The molecular weight excluding hydrogens is 358 g/mol. The van der Waals surface area contributed by atoms with Crippen LogP contribution in [0.4, 0.5) is 0 Å². The van der Waals surface area contributed by atoms with Gasteiger partial charge in [0.25, 0.3) is 5.91 Å². The minimum absolute atomic E-state index is 0.321. The maximum Gasteiger partial charge on any atom is 0.290 e. The summed E-state index contributed by atoms with van der Waals surface area (Å²) in [5.41, 5.74) is 4.55. The van der Waals surface area contributed by atoms with E-state index in [1.807, 2.05) is 36.4 Å². The van der Waals surface area contributed by atoms with Gasteiger partial charge in [0.05, 0.1) is 13.3 Å². The van der Waals surface area contributed by atoms with Crippen molar-refractivity contribution in [3.63, 3.8) is 0 Å². The van der Waals surface area contributed by atoms with Gasteiger partial charge in [-0.25, -0.2) is 10.4 Å². The Kier molecular flexibility index (Phi) is 5.42. The molecule has 0 aliphatic rings. The molecule has 0 aliphatic carbocycles. The fourth-order valence-corrected chi connectivity index (χ4v) is 2.95. The van der Waals surface area contributed by atoms with E-state index in [2.05, 4.69) is 15.5 Å². The van der Waals surface area contributed by atoms with Crippen LogP contribution in [0.5, 0.6) is 5.75 Å². The first-order valence-electron chi connectivity index (χ1n) is 7.34. The summed E-state index contributed by atoms with van der Waals surface area (Å²) in [6.07, 6.45) is 1.56. The monoisotopic (exact) mass is 371 g/mol. The molecule has 0 saturated heterocycles. The van der Waals surface area contributed by atoms with Gasteiger partial charge in [-0.05, 0) is 42.0 Å². The highest BCUT2D eigenvalue weighted by atomic mass is 35.5. The standard InChI is InChI=1S/C18H14ClN3O2S/c1-24-15-8-2-12(3-9-15)10-20-22-17(23)16-11-25-18(21-16)13-4-6-14(19)7-5-13/h2-11H,1H3,(H,22,23). The molecule has 1 heterocycles. The van der Waals surface area contributed by atoms with Gasteiger partial charge in [-0.2, -0.15) is 5.10 Å². The zero-order valence-electron chi connectivity index (χ0n) is 13.3. The van der Waals surface area contributed by atoms with Crippen molar-refractivity contribution in [1.29, 1.82) is 0 Å². The summed E-state index contributed by atoms with van der Waals surface area (Å²) in [6.45, 7) is 0. The molecule has 2 aromatic carbocycles. The Morgan fingerprint density at radius 3 is 2.60 bits per heavy atom. The highest BCUT2D eigenvalue weighted by Gasteiger charge is 2.11. The molecule has 126 valence electrons. The summed E-state index contributed by atoms with van der Waals surface area (Å²) < 4.78 is 5.09. The maximum absolute atomic E-state index is 12.1. The van der Waals surface area contributed by atoms with Crippen LogP contribution in [0.2, 0.25) is 5.02 Å². The third-order valence-electron chi connectivity index (χ3n) is 3.32. The van der Waals surface area contributed by atoms with E-state index in [0.29, 0.717) is 10.7 Å². The van der Waals surface area contributed by atoms with Crippen LogP contribution in [0.15, 0.2) is 59.0 Å². The molecule has 0 fully saturated rings. The lowest BCUT2D eigenvalue weighted by atomic mass is 10.2. The predicted octanol–water partition coefficient (Wildman–Crippen LogP) is 4.24. The summed E-state index contributed by atoms with van der Waals surface area (Å²) in [7, 11) is 1.61. The zero-order chi connectivity index (χ0) is 17.6. The second-order valence-corrected chi connectivity index (χ2v) is 6.31. The number of hydrogen-bond donors (Lipinski definition) is 1. The topological polar surface area (TPSA) is 63.6 Å². The number of carbonyl (C=O) groups is 1. The first-order chi connectivity index (χ1) is 12.2. The fraction of sp³-hybridized carbons (Fsp3) is 0.0556. The Morgan fingerprint density at radius 2 is 1.92 bits per heavy atom. The second-order valence-electron chi connectivity index (χ2n) is 5.02. The normalized spacial score (nSPS) is 10.8. The van der Waals surface area contributed by atoms with Gasteiger partial charge >= 0.3 is 0 Å². The van der Waals surface area contributed by atoms with Crippen molar-refractivity contribution in [2.45, 2.75) is 0 Å². The molecule has 0 aliphatic heterocycles. The van der Waals surface area contributed by atoms with Crippen LogP contribution in [0.3, 0.4) is 0 Å². The van der Waals surface area contributed by atoms with Crippen molar-refractivity contribution in [3.05, 3.63) is 70.2 Å². The number of hydrazone groups is 1. The summed E-state index contributed by atoms with van der Waals surface area (Å²) >= 11 is 7.27. The van der Waals surface area contributed by atoms with Gasteiger partial charge in [0.1, 0.15) is 16.5 Å². The Hall–Kier alpha value is -2.70. The predicted molar refractivity (Wildman–Crippen MR) is 101 cm³/mol. The van der Waals surface area contributed by atoms with Crippen molar-refractivity contribution in [2.24, 2.45) is 5.10 Å². The molecular formula is C18H14ClN3O2S. The largest absolute Gasteiger partial charge is 0.497 e. The number of nitrogens with zero attached hydrogens (tertiary/aromatic N) is 2. The van der Waals surface area contributed by atoms with E-state index in [0.717, 1.165) is 21.9 Å². The SMILES string of the molecule is COc1ccc(C=NNC(=O)c2csc(-c3ccc(Cl)cc3)n2)cc1. The quantitative estimate of drug-likeness (QED) is 0.539. The molecule has 3 rings (SSSR count). The van der Waals surface area contributed by atoms with E-state index in [-0.39, 0.29) is 5.91 Å². The van der Waals surface area contributed by atoms with Gasteiger partial charge in [0.2, 0.25) is 0 Å². The van der Waals surface area contributed by atoms with Gasteiger partial charge < -0.3 is 4.74 Å². The minimum atomic E-state index is -0.360. The third-order valence-corrected chi connectivity index (χ3v) is 4.47. The van der Waals surface area contributed by atoms with E-state index in [1.54, 1.807) is 30.8 Å². The molecule has 0 radical (unpaired) electrons. The molecule has 1 N–H and O–H groups in total. The number of halogens is 1. The molecule has 7 heteroatoms. The summed E-state index contributed by atoms with van der Waals surface area (Å²) in [6, 6.07) is 14.6. The first kappa shape index (κ1) is 17.1. The van der Waals surface area contributed by atoms with Crippen LogP contribution >= 0.6 is 22.9 Å². The molecule has 0 atom stereocenters. The number of carbonyl (C=O) groups excluding carboxylic acids is 1. The number of ether oxygens (including phenoxy) is 1. The molecule has 3 aromatic rings. The molecule has 0 bridgehead atoms. The van der Waals surface area contributed by atoms with Crippen molar-refractivity contribution in [2.75, 3.05) is 7.11 Å². The number of rotatable bonds is 5. The van der Waals surface area contributed by atoms with Crippen LogP contribution in [0.25, 0.3) is 10.6 Å². The molecule has 0 saturated carbocycles. The lowest BCUT2D eigenvalue weighted by Crippen LogP contribution is -2.17. The number of methoxy groups -OCH3 is 1. The third kappa shape index (κ3) is 4.43. The summed E-state index contributed by atoms with van der Waals surface area (Å²) in [4.78, 5) is 16.4. The lowest BCUT2D eigenvalue weighted by molar-refractivity contribution is 0.0951. The molecule has 1 aromatic heterocycles. The molecule has 5 nitrogen and oxygen atoms in total. The van der Waals surface area contributed by atoms with Gasteiger partial charge in [0, 0.05) is 16.0 Å². The van der Waals surface area contributed by atoms with E-state index >= 15 is 0 Å². The molecule has 0 unspecified atom stereocenters. The van der Waals surface area contributed by atoms with Crippen LogP contribution in [-0.4, -0.2) is 24.2 Å². The van der Waals surface area contributed by atoms with Crippen molar-refractivity contribution in [3.8, 4) is 16.3 Å². The van der Waals surface area contributed by atoms with Crippen LogP contribution in [0, 0.1) is 0 Å². The van der Waals surface area contributed by atoms with Gasteiger partial charge in [-0.3, -0.25) is 4.79 Å². The van der Waals surface area contributed by atoms with Crippen molar-refractivity contribution < 1.29 is 9.53 Å².